The van der Waals surface area contributed by atoms with Crippen molar-refractivity contribution in [2.75, 3.05) is 0 Å². The van der Waals surface area contributed by atoms with Crippen LogP contribution in [0.4, 0.5) is 0 Å². The standard InChI is InChI=1S/C15H19N3/c1-11-9-13(12-7-5-4-6-8-12)18-14(17-11)10-15(2,3)16/h4-9H,10,16H2,1-3H3. The lowest BCUT2D eigenvalue weighted by atomic mass is 10.0. The number of benzene rings is 1. The molecule has 0 saturated carbocycles. The van der Waals surface area contributed by atoms with Crippen LogP contribution < -0.4 is 5.73 Å². The predicted octanol–water partition coefficient (Wildman–Crippen LogP) is 2.73. The molecule has 0 unspecified atom stereocenters. The highest BCUT2D eigenvalue weighted by Crippen LogP contribution is 2.18. The largest absolute Gasteiger partial charge is 0.325 e. The second-order valence-electron chi connectivity index (χ2n) is 5.34. The van der Waals surface area contributed by atoms with E-state index in [1.807, 2.05) is 45.0 Å². The lowest BCUT2D eigenvalue weighted by Crippen LogP contribution is -2.35. The van der Waals surface area contributed by atoms with Gasteiger partial charge in [-0.25, -0.2) is 9.97 Å². The van der Waals surface area contributed by atoms with Crippen LogP contribution in [0.5, 0.6) is 0 Å². The second kappa shape index (κ2) is 4.86. The molecule has 2 aromatic rings. The van der Waals surface area contributed by atoms with Crippen LogP contribution in [0.2, 0.25) is 0 Å². The van der Waals surface area contributed by atoms with Gasteiger partial charge in [0, 0.05) is 23.2 Å². The smallest absolute Gasteiger partial charge is 0.131 e. The minimum atomic E-state index is -0.290. The van der Waals surface area contributed by atoms with Gasteiger partial charge in [0.1, 0.15) is 5.82 Å². The summed E-state index contributed by atoms with van der Waals surface area (Å²) in [5.74, 6) is 0.807. The Hall–Kier alpha value is -1.74. The molecule has 3 nitrogen and oxygen atoms in total. The Bertz CT molecular complexity index is 527. The van der Waals surface area contributed by atoms with Gasteiger partial charge in [0.2, 0.25) is 0 Å². The zero-order valence-corrected chi connectivity index (χ0v) is 11.1. The topological polar surface area (TPSA) is 51.8 Å². The van der Waals surface area contributed by atoms with Gasteiger partial charge in [0.05, 0.1) is 5.69 Å². The highest BCUT2D eigenvalue weighted by Gasteiger charge is 2.15. The van der Waals surface area contributed by atoms with Crippen molar-refractivity contribution in [2.24, 2.45) is 5.73 Å². The molecule has 3 heteroatoms. The average Bonchev–Trinajstić information content (AvgIpc) is 2.27. The molecular weight excluding hydrogens is 222 g/mol. The quantitative estimate of drug-likeness (QED) is 0.899. The van der Waals surface area contributed by atoms with Crippen LogP contribution in [0, 0.1) is 6.92 Å². The Morgan fingerprint density at radius 1 is 1.11 bits per heavy atom. The van der Waals surface area contributed by atoms with Crippen molar-refractivity contribution in [3.63, 3.8) is 0 Å². The van der Waals surface area contributed by atoms with Crippen LogP contribution in [-0.4, -0.2) is 15.5 Å². The Balaban J connectivity index is 2.39. The van der Waals surface area contributed by atoms with Crippen molar-refractivity contribution in [3.8, 4) is 11.3 Å². The van der Waals surface area contributed by atoms with Crippen LogP contribution >= 0.6 is 0 Å². The molecule has 2 N–H and O–H groups in total. The van der Waals surface area contributed by atoms with E-state index in [0.29, 0.717) is 6.42 Å². The van der Waals surface area contributed by atoms with Crippen molar-refractivity contribution in [1.82, 2.24) is 9.97 Å². The number of hydrogen-bond acceptors (Lipinski definition) is 3. The van der Waals surface area contributed by atoms with E-state index in [-0.39, 0.29) is 5.54 Å². The van der Waals surface area contributed by atoms with Crippen molar-refractivity contribution in [3.05, 3.63) is 47.9 Å². The Labute approximate surface area is 108 Å². The molecule has 18 heavy (non-hydrogen) atoms. The maximum atomic E-state index is 6.03. The van der Waals surface area contributed by atoms with Crippen molar-refractivity contribution >= 4 is 0 Å². The zero-order chi connectivity index (χ0) is 13.2. The summed E-state index contributed by atoms with van der Waals surface area (Å²) in [7, 11) is 0. The highest BCUT2D eigenvalue weighted by atomic mass is 14.9. The highest BCUT2D eigenvalue weighted by molar-refractivity contribution is 5.59. The average molecular weight is 241 g/mol. The molecule has 1 aromatic heterocycles. The summed E-state index contributed by atoms with van der Waals surface area (Å²) in [5.41, 5.74) is 8.78. The molecule has 1 aromatic carbocycles. The summed E-state index contributed by atoms with van der Waals surface area (Å²) in [6.45, 7) is 5.96. The number of rotatable bonds is 3. The monoisotopic (exact) mass is 241 g/mol. The first-order valence-electron chi connectivity index (χ1n) is 6.13. The van der Waals surface area contributed by atoms with Gasteiger partial charge in [-0.3, -0.25) is 0 Å². The van der Waals surface area contributed by atoms with Gasteiger partial charge in [0.15, 0.2) is 0 Å². The number of hydrogen-bond donors (Lipinski definition) is 1. The zero-order valence-electron chi connectivity index (χ0n) is 11.1. The predicted molar refractivity (Wildman–Crippen MR) is 74.2 cm³/mol. The number of nitrogens with two attached hydrogens (primary N) is 1. The van der Waals surface area contributed by atoms with Gasteiger partial charge in [-0.2, -0.15) is 0 Å². The van der Waals surface area contributed by atoms with E-state index in [1.54, 1.807) is 0 Å². The first kappa shape index (κ1) is 12.7. The Morgan fingerprint density at radius 2 is 1.78 bits per heavy atom. The fourth-order valence-electron chi connectivity index (χ4n) is 1.87. The normalized spacial score (nSPS) is 11.6. The molecule has 0 fully saturated rings. The molecule has 94 valence electrons. The van der Waals surface area contributed by atoms with Crippen LogP contribution in [-0.2, 0) is 6.42 Å². The van der Waals surface area contributed by atoms with Crippen molar-refractivity contribution in [1.29, 1.82) is 0 Å². The van der Waals surface area contributed by atoms with Gasteiger partial charge in [-0.15, -0.1) is 0 Å². The molecule has 0 aliphatic heterocycles. The third kappa shape index (κ3) is 3.37. The van der Waals surface area contributed by atoms with E-state index in [9.17, 15) is 0 Å². The second-order valence-corrected chi connectivity index (χ2v) is 5.34. The maximum Gasteiger partial charge on any atom is 0.131 e. The summed E-state index contributed by atoms with van der Waals surface area (Å²) in [5, 5.41) is 0. The summed E-state index contributed by atoms with van der Waals surface area (Å²) in [6.07, 6.45) is 0.675. The summed E-state index contributed by atoms with van der Waals surface area (Å²) < 4.78 is 0. The van der Waals surface area contributed by atoms with Gasteiger partial charge in [-0.1, -0.05) is 30.3 Å². The number of nitrogens with zero attached hydrogens (tertiary/aromatic N) is 2. The summed E-state index contributed by atoms with van der Waals surface area (Å²) in [4.78, 5) is 9.05. The van der Waals surface area contributed by atoms with Crippen LogP contribution in [0.15, 0.2) is 36.4 Å². The Morgan fingerprint density at radius 3 is 2.39 bits per heavy atom. The lowest BCUT2D eigenvalue weighted by Gasteiger charge is -2.17. The molecule has 0 aliphatic rings. The maximum absolute atomic E-state index is 6.03. The van der Waals surface area contributed by atoms with Gasteiger partial charge in [-0.05, 0) is 26.8 Å². The molecule has 0 radical (unpaired) electrons. The van der Waals surface area contributed by atoms with Gasteiger partial charge >= 0.3 is 0 Å². The van der Waals surface area contributed by atoms with Gasteiger partial charge < -0.3 is 5.73 Å². The third-order valence-corrected chi connectivity index (χ3v) is 2.58. The molecular formula is C15H19N3. The van der Waals surface area contributed by atoms with E-state index in [1.165, 1.54) is 0 Å². The van der Waals surface area contributed by atoms with E-state index < -0.39 is 0 Å². The van der Waals surface area contributed by atoms with Crippen molar-refractivity contribution < 1.29 is 0 Å². The molecule has 0 aliphatic carbocycles. The minimum Gasteiger partial charge on any atom is -0.325 e. The van der Waals surface area contributed by atoms with Crippen LogP contribution in [0.1, 0.15) is 25.4 Å². The lowest BCUT2D eigenvalue weighted by molar-refractivity contribution is 0.502. The molecule has 2 rings (SSSR count). The fraction of sp³-hybridized carbons (Fsp3) is 0.333. The first-order valence-corrected chi connectivity index (χ1v) is 6.13. The van der Waals surface area contributed by atoms with Gasteiger partial charge in [0.25, 0.3) is 0 Å². The van der Waals surface area contributed by atoms with E-state index >= 15 is 0 Å². The summed E-state index contributed by atoms with van der Waals surface area (Å²) >= 11 is 0. The SMILES string of the molecule is Cc1cc(-c2ccccc2)nc(CC(C)(C)N)n1. The van der Waals surface area contributed by atoms with Crippen LogP contribution in [0.25, 0.3) is 11.3 Å². The molecule has 1 heterocycles. The van der Waals surface area contributed by atoms with E-state index in [4.69, 9.17) is 5.73 Å². The molecule has 0 bridgehead atoms. The third-order valence-electron chi connectivity index (χ3n) is 2.58. The number of aryl methyl sites for hydroxylation is 1. The fourth-order valence-corrected chi connectivity index (χ4v) is 1.87. The van der Waals surface area contributed by atoms with Crippen LogP contribution in [0.3, 0.4) is 0 Å². The van der Waals surface area contributed by atoms with E-state index in [0.717, 1.165) is 22.8 Å². The molecule has 0 atom stereocenters. The molecule has 0 amide bonds. The minimum absolute atomic E-state index is 0.290. The van der Waals surface area contributed by atoms with Crippen molar-refractivity contribution in [2.45, 2.75) is 32.7 Å². The Kier molecular flexibility index (Phi) is 3.43. The molecule has 0 spiro atoms. The number of aromatic nitrogens is 2. The first-order chi connectivity index (χ1) is 8.44. The summed E-state index contributed by atoms with van der Waals surface area (Å²) in [6, 6.07) is 12.1. The van der Waals surface area contributed by atoms with E-state index in [2.05, 4.69) is 22.1 Å². The molecule has 0 saturated heterocycles.